The van der Waals surface area contributed by atoms with Gasteiger partial charge in [0.15, 0.2) is 0 Å². The highest BCUT2D eigenvalue weighted by molar-refractivity contribution is 4.73. The Morgan fingerprint density at radius 2 is 2.33 bits per heavy atom. The van der Waals surface area contributed by atoms with Gasteiger partial charge in [0, 0.05) is 19.5 Å². The second-order valence-corrected chi connectivity index (χ2v) is 3.27. The highest BCUT2D eigenvalue weighted by atomic mass is 16.3. The van der Waals surface area contributed by atoms with Crippen LogP contribution >= 0.6 is 0 Å². The lowest BCUT2D eigenvalue weighted by Crippen LogP contribution is -2.39. The topological polar surface area (TPSA) is 47.3 Å². The number of nitriles is 1. The summed E-state index contributed by atoms with van der Waals surface area (Å²) in [6.07, 6.45) is 4.44. The SMILES string of the molecule is N#CCCCN1CCCC[C@H]1O. The van der Waals surface area contributed by atoms with E-state index in [1.165, 1.54) is 6.42 Å². The van der Waals surface area contributed by atoms with E-state index in [9.17, 15) is 5.11 Å². The minimum atomic E-state index is -0.252. The molecule has 0 unspecified atom stereocenters. The van der Waals surface area contributed by atoms with E-state index < -0.39 is 0 Å². The van der Waals surface area contributed by atoms with Gasteiger partial charge in [-0.2, -0.15) is 5.26 Å². The predicted octanol–water partition coefficient (Wildman–Crippen LogP) is 1.09. The summed E-state index contributed by atoms with van der Waals surface area (Å²) in [5.41, 5.74) is 0. The number of hydrogen-bond donors (Lipinski definition) is 1. The molecule has 1 rings (SSSR count). The first-order valence-corrected chi connectivity index (χ1v) is 4.63. The monoisotopic (exact) mass is 168 g/mol. The Balaban J connectivity index is 2.16. The van der Waals surface area contributed by atoms with Gasteiger partial charge in [-0.1, -0.05) is 0 Å². The summed E-state index contributed by atoms with van der Waals surface area (Å²) in [5.74, 6) is 0. The molecule has 0 aromatic carbocycles. The number of unbranched alkanes of at least 4 members (excludes halogenated alkanes) is 1. The molecule has 1 aliphatic rings. The average molecular weight is 168 g/mol. The van der Waals surface area contributed by atoms with Crippen LogP contribution in [0.2, 0.25) is 0 Å². The Morgan fingerprint density at radius 3 is 3.00 bits per heavy atom. The summed E-state index contributed by atoms with van der Waals surface area (Å²) in [4.78, 5) is 2.07. The maximum absolute atomic E-state index is 9.51. The number of hydrogen-bond acceptors (Lipinski definition) is 3. The number of rotatable bonds is 3. The fourth-order valence-electron chi connectivity index (χ4n) is 1.60. The van der Waals surface area contributed by atoms with E-state index in [1.807, 2.05) is 0 Å². The van der Waals surface area contributed by atoms with Gasteiger partial charge in [-0.15, -0.1) is 0 Å². The van der Waals surface area contributed by atoms with Gasteiger partial charge in [0.1, 0.15) is 6.23 Å². The highest BCUT2D eigenvalue weighted by Crippen LogP contribution is 2.14. The van der Waals surface area contributed by atoms with Crippen LogP contribution in [0.5, 0.6) is 0 Å². The van der Waals surface area contributed by atoms with E-state index in [2.05, 4.69) is 11.0 Å². The molecule has 0 aromatic heterocycles. The molecule has 1 fully saturated rings. The van der Waals surface area contributed by atoms with Gasteiger partial charge in [-0.25, -0.2) is 0 Å². The third-order valence-electron chi connectivity index (χ3n) is 2.31. The number of aliphatic hydroxyl groups excluding tert-OH is 1. The molecule has 0 amide bonds. The average Bonchev–Trinajstić information content (AvgIpc) is 2.09. The minimum Gasteiger partial charge on any atom is -0.378 e. The Kier molecular flexibility index (Phi) is 4.06. The first kappa shape index (κ1) is 9.50. The third kappa shape index (κ3) is 2.80. The lowest BCUT2D eigenvalue weighted by molar-refractivity contribution is -0.0238. The zero-order valence-corrected chi connectivity index (χ0v) is 7.37. The van der Waals surface area contributed by atoms with Crippen LogP contribution in [0, 0.1) is 11.3 Å². The fraction of sp³-hybridized carbons (Fsp3) is 0.889. The van der Waals surface area contributed by atoms with Crippen molar-refractivity contribution in [1.29, 1.82) is 5.26 Å². The maximum Gasteiger partial charge on any atom is 0.107 e. The van der Waals surface area contributed by atoms with Gasteiger partial charge < -0.3 is 5.11 Å². The van der Waals surface area contributed by atoms with Crippen molar-refractivity contribution in [3.63, 3.8) is 0 Å². The summed E-state index contributed by atoms with van der Waals surface area (Å²) in [6, 6.07) is 2.11. The van der Waals surface area contributed by atoms with Gasteiger partial charge in [0.2, 0.25) is 0 Å². The Morgan fingerprint density at radius 1 is 1.50 bits per heavy atom. The summed E-state index contributed by atoms with van der Waals surface area (Å²) in [7, 11) is 0. The quantitative estimate of drug-likeness (QED) is 0.642. The largest absolute Gasteiger partial charge is 0.378 e. The van der Waals surface area contributed by atoms with Crippen LogP contribution in [0.4, 0.5) is 0 Å². The summed E-state index contributed by atoms with van der Waals surface area (Å²) >= 11 is 0. The smallest absolute Gasteiger partial charge is 0.107 e. The fourth-order valence-corrected chi connectivity index (χ4v) is 1.60. The van der Waals surface area contributed by atoms with Crippen LogP contribution in [0.15, 0.2) is 0 Å². The highest BCUT2D eigenvalue weighted by Gasteiger charge is 2.18. The van der Waals surface area contributed by atoms with Crippen molar-refractivity contribution < 1.29 is 5.11 Å². The van der Waals surface area contributed by atoms with Crippen molar-refractivity contribution >= 4 is 0 Å². The Hall–Kier alpha value is -0.590. The number of nitrogens with zero attached hydrogens (tertiary/aromatic N) is 2. The van der Waals surface area contributed by atoms with Gasteiger partial charge in [-0.3, -0.25) is 4.90 Å². The molecule has 0 saturated carbocycles. The normalized spacial score (nSPS) is 25.2. The first-order valence-electron chi connectivity index (χ1n) is 4.63. The van der Waals surface area contributed by atoms with E-state index in [0.29, 0.717) is 6.42 Å². The predicted molar refractivity (Wildman–Crippen MR) is 46.3 cm³/mol. The molecule has 1 aliphatic heterocycles. The van der Waals surface area contributed by atoms with Gasteiger partial charge in [-0.05, 0) is 25.7 Å². The van der Waals surface area contributed by atoms with Crippen LogP contribution in [-0.4, -0.2) is 29.3 Å². The zero-order valence-electron chi connectivity index (χ0n) is 7.37. The molecule has 3 heteroatoms. The van der Waals surface area contributed by atoms with Crippen molar-refractivity contribution in [2.24, 2.45) is 0 Å². The lowest BCUT2D eigenvalue weighted by atomic mass is 10.1. The number of likely N-dealkylation sites (tertiary alicyclic amines) is 1. The van der Waals surface area contributed by atoms with Gasteiger partial charge in [0.05, 0.1) is 6.07 Å². The standard InChI is InChI=1S/C9H16N2O/c10-6-2-4-8-11-7-3-1-5-9(11)12/h9,12H,1-5,7-8H2/t9-/m1/s1. The molecule has 1 heterocycles. The molecule has 1 atom stereocenters. The van der Waals surface area contributed by atoms with E-state index in [0.717, 1.165) is 32.4 Å². The minimum absolute atomic E-state index is 0.252. The van der Waals surface area contributed by atoms with Gasteiger partial charge >= 0.3 is 0 Å². The van der Waals surface area contributed by atoms with Crippen LogP contribution in [0.3, 0.4) is 0 Å². The molecule has 0 aromatic rings. The Labute approximate surface area is 73.6 Å². The van der Waals surface area contributed by atoms with E-state index >= 15 is 0 Å². The summed E-state index contributed by atoms with van der Waals surface area (Å²) in [6.45, 7) is 1.86. The molecule has 0 radical (unpaired) electrons. The molecule has 68 valence electrons. The van der Waals surface area contributed by atoms with Crippen LogP contribution < -0.4 is 0 Å². The number of aliphatic hydroxyl groups is 1. The first-order chi connectivity index (χ1) is 5.84. The summed E-state index contributed by atoms with van der Waals surface area (Å²) < 4.78 is 0. The molecule has 1 N–H and O–H groups in total. The second kappa shape index (κ2) is 5.13. The molecular weight excluding hydrogens is 152 g/mol. The number of piperidine rings is 1. The van der Waals surface area contributed by atoms with Crippen molar-refractivity contribution in [3.8, 4) is 6.07 Å². The molecule has 3 nitrogen and oxygen atoms in total. The maximum atomic E-state index is 9.51. The molecule has 0 bridgehead atoms. The van der Waals surface area contributed by atoms with Crippen LogP contribution in [0.1, 0.15) is 32.1 Å². The summed E-state index contributed by atoms with van der Waals surface area (Å²) in [5, 5.41) is 17.8. The molecule has 12 heavy (non-hydrogen) atoms. The lowest BCUT2D eigenvalue weighted by Gasteiger charge is -2.31. The van der Waals surface area contributed by atoms with Crippen molar-refractivity contribution in [2.75, 3.05) is 13.1 Å². The molecule has 0 aliphatic carbocycles. The molecular formula is C9H16N2O. The van der Waals surface area contributed by atoms with Crippen molar-refractivity contribution in [3.05, 3.63) is 0 Å². The van der Waals surface area contributed by atoms with Crippen molar-refractivity contribution in [2.45, 2.75) is 38.3 Å². The third-order valence-corrected chi connectivity index (χ3v) is 2.31. The van der Waals surface area contributed by atoms with E-state index in [-0.39, 0.29) is 6.23 Å². The molecule has 0 spiro atoms. The zero-order chi connectivity index (χ0) is 8.81. The Bertz CT molecular complexity index is 164. The van der Waals surface area contributed by atoms with Crippen LogP contribution in [-0.2, 0) is 0 Å². The van der Waals surface area contributed by atoms with Crippen molar-refractivity contribution in [1.82, 2.24) is 4.90 Å². The van der Waals surface area contributed by atoms with Crippen LogP contribution in [0.25, 0.3) is 0 Å². The van der Waals surface area contributed by atoms with E-state index in [4.69, 9.17) is 5.26 Å². The van der Waals surface area contributed by atoms with Gasteiger partial charge in [0.25, 0.3) is 0 Å². The second-order valence-electron chi connectivity index (χ2n) is 3.27. The molecule has 1 saturated heterocycles. The van der Waals surface area contributed by atoms with E-state index in [1.54, 1.807) is 0 Å².